The number of rotatable bonds is 8. The third-order valence-electron chi connectivity index (χ3n) is 5.14. The minimum atomic E-state index is -0.0570. The van der Waals surface area contributed by atoms with Crippen LogP contribution >= 0.6 is 24.0 Å². The van der Waals surface area contributed by atoms with Gasteiger partial charge < -0.3 is 20.1 Å². The maximum atomic E-state index is 6.00. The Morgan fingerprint density at radius 3 is 2.37 bits per heavy atom. The molecule has 2 N–H and O–H groups in total. The Morgan fingerprint density at radius 1 is 1.00 bits per heavy atom. The van der Waals surface area contributed by atoms with Crippen molar-refractivity contribution in [2.75, 3.05) is 33.3 Å². The fourth-order valence-corrected chi connectivity index (χ4v) is 3.35. The Hall–Kier alpha value is -2.00. The highest BCUT2D eigenvalue weighted by Gasteiger charge is 2.20. The molecule has 3 rings (SSSR count). The molecule has 0 aromatic heterocycles. The van der Waals surface area contributed by atoms with Gasteiger partial charge in [-0.3, -0.25) is 9.89 Å². The van der Waals surface area contributed by atoms with Crippen molar-refractivity contribution in [2.24, 2.45) is 4.99 Å². The fourth-order valence-electron chi connectivity index (χ4n) is 3.35. The summed E-state index contributed by atoms with van der Waals surface area (Å²) >= 11 is 0. The highest BCUT2D eigenvalue weighted by Crippen LogP contribution is 2.30. The number of para-hydroxylation sites is 2. The molecule has 0 saturated heterocycles. The molecule has 0 saturated carbocycles. The smallest absolute Gasteiger partial charge is 0.191 e. The zero-order chi connectivity index (χ0) is 20.5. The molecule has 2 aromatic carbocycles. The number of halogens is 1. The molecular weight excluding hydrogens is 491 g/mol. The van der Waals surface area contributed by atoms with Gasteiger partial charge in [0, 0.05) is 20.1 Å². The Morgan fingerprint density at radius 2 is 1.67 bits per heavy atom. The van der Waals surface area contributed by atoms with E-state index in [9.17, 15) is 0 Å². The normalized spacial score (nSPS) is 15.5. The van der Waals surface area contributed by atoms with E-state index in [4.69, 9.17) is 9.47 Å². The molecule has 0 amide bonds. The van der Waals surface area contributed by atoms with Gasteiger partial charge in [-0.05, 0) is 36.3 Å². The molecule has 0 spiro atoms. The lowest BCUT2D eigenvalue weighted by Crippen LogP contribution is -2.45. The van der Waals surface area contributed by atoms with Crippen molar-refractivity contribution in [1.29, 1.82) is 0 Å². The monoisotopic (exact) mass is 524 g/mol. The number of hydrogen-bond donors (Lipinski definition) is 2. The average molecular weight is 524 g/mol. The van der Waals surface area contributed by atoms with Gasteiger partial charge in [0.05, 0.1) is 6.54 Å². The van der Waals surface area contributed by atoms with E-state index < -0.39 is 0 Å². The summed E-state index contributed by atoms with van der Waals surface area (Å²) < 4.78 is 11.8. The van der Waals surface area contributed by atoms with Crippen LogP contribution in [0.3, 0.4) is 0 Å². The van der Waals surface area contributed by atoms with Crippen LogP contribution in [0.4, 0.5) is 0 Å². The molecule has 1 aliphatic rings. The number of nitrogens with one attached hydrogen (secondary N) is 2. The van der Waals surface area contributed by atoms with E-state index in [1.807, 2.05) is 24.3 Å². The van der Waals surface area contributed by atoms with Crippen LogP contribution in [0.1, 0.15) is 25.0 Å². The largest absolute Gasteiger partial charge is 0.486 e. The molecule has 1 atom stereocenters. The predicted molar refractivity (Wildman–Crippen MR) is 133 cm³/mol. The van der Waals surface area contributed by atoms with Crippen molar-refractivity contribution >= 4 is 29.9 Å². The zero-order valence-electron chi connectivity index (χ0n) is 18.1. The lowest BCUT2D eigenvalue weighted by Gasteiger charge is -2.27. The molecule has 0 bridgehead atoms. The van der Waals surface area contributed by atoms with E-state index in [0.717, 1.165) is 43.6 Å². The number of nitrogens with zero attached hydrogens (tertiary/aromatic N) is 2. The second-order valence-corrected chi connectivity index (χ2v) is 7.03. The summed E-state index contributed by atoms with van der Waals surface area (Å²) in [7, 11) is 1.78. The van der Waals surface area contributed by atoms with Crippen molar-refractivity contribution in [3.8, 4) is 11.5 Å². The fraction of sp³-hybridized carbons (Fsp3) is 0.435. The van der Waals surface area contributed by atoms with Crippen LogP contribution in [0, 0.1) is 0 Å². The summed E-state index contributed by atoms with van der Waals surface area (Å²) in [5.74, 6) is 2.35. The zero-order valence-corrected chi connectivity index (χ0v) is 20.4. The maximum Gasteiger partial charge on any atom is 0.191 e. The molecule has 0 fully saturated rings. The summed E-state index contributed by atoms with van der Waals surface area (Å²) in [6.45, 7) is 9.33. The van der Waals surface area contributed by atoms with Crippen LogP contribution in [-0.2, 0) is 13.1 Å². The highest BCUT2D eigenvalue weighted by atomic mass is 127. The van der Waals surface area contributed by atoms with Crippen molar-refractivity contribution in [1.82, 2.24) is 15.5 Å². The van der Waals surface area contributed by atoms with Gasteiger partial charge in [0.25, 0.3) is 0 Å². The lowest BCUT2D eigenvalue weighted by atomic mass is 10.1. The molecule has 0 radical (unpaired) electrons. The van der Waals surface area contributed by atoms with Crippen LogP contribution in [0.5, 0.6) is 11.5 Å². The predicted octanol–water partition coefficient (Wildman–Crippen LogP) is 3.65. The lowest BCUT2D eigenvalue weighted by molar-refractivity contribution is 0.0936. The van der Waals surface area contributed by atoms with Gasteiger partial charge in [-0.1, -0.05) is 50.2 Å². The Bertz CT molecular complexity index is 811. The highest BCUT2D eigenvalue weighted by molar-refractivity contribution is 14.0. The average Bonchev–Trinajstić information content (AvgIpc) is 2.78. The maximum absolute atomic E-state index is 6.00. The third-order valence-corrected chi connectivity index (χ3v) is 5.14. The van der Waals surface area contributed by atoms with Crippen LogP contribution in [0.2, 0.25) is 0 Å². The second kappa shape index (κ2) is 12.6. The number of fused-ring (bicyclic) bond motifs is 1. The molecule has 30 heavy (non-hydrogen) atoms. The first-order chi connectivity index (χ1) is 14.2. The van der Waals surface area contributed by atoms with E-state index in [0.29, 0.717) is 13.2 Å². The summed E-state index contributed by atoms with van der Waals surface area (Å²) in [6, 6.07) is 16.3. The van der Waals surface area contributed by atoms with Crippen LogP contribution in [0.25, 0.3) is 0 Å². The van der Waals surface area contributed by atoms with Crippen molar-refractivity contribution in [3.05, 3.63) is 59.7 Å². The number of guanidine groups is 1. The van der Waals surface area contributed by atoms with E-state index in [1.165, 1.54) is 11.1 Å². The molecule has 7 heteroatoms. The third kappa shape index (κ3) is 6.77. The number of aliphatic imine (C=N–C) groups is 1. The van der Waals surface area contributed by atoms with Crippen LogP contribution in [0.15, 0.2) is 53.5 Å². The second-order valence-electron chi connectivity index (χ2n) is 7.03. The molecule has 1 unspecified atom stereocenters. The van der Waals surface area contributed by atoms with Gasteiger partial charge in [-0.2, -0.15) is 0 Å². The van der Waals surface area contributed by atoms with Gasteiger partial charge >= 0.3 is 0 Å². The van der Waals surface area contributed by atoms with E-state index in [2.05, 4.69) is 58.6 Å². The Kier molecular flexibility index (Phi) is 10.2. The van der Waals surface area contributed by atoms with Crippen molar-refractivity contribution < 1.29 is 9.47 Å². The van der Waals surface area contributed by atoms with Gasteiger partial charge in [0.1, 0.15) is 12.7 Å². The molecule has 2 aromatic rings. The Labute approximate surface area is 197 Å². The molecule has 0 aliphatic carbocycles. The molecule has 1 aliphatic heterocycles. The molecule has 6 nitrogen and oxygen atoms in total. The minimum absolute atomic E-state index is 0. The first kappa shape index (κ1) is 24.3. The molecule has 1 heterocycles. The summed E-state index contributed by atoms with van der Waals surface area (Å²) in [4.78, 5) is 6.76. The first-order valence-electron chi connectivity index (χ1n) is 10.4. The van der Waals surface area contributed by atoms with Crippen molar-refractivity contribution in [3.63, 3.8) is 0 Å². The molecule has 164 valence electrons. The molecular formula is C23H33IN4O2. The van der Waals surface area contributed by atoms with Crippen LogP contribution in [-0.4, -0.2) is 50.3 Å². The summed E-state index contributed by atoms with van der Waals surface area (Å²) in [6.07, 6.45) is -0.0570. The first-order valence-corrected chi connectivity index (χ1v) is 10.4. The summed E-state index contributed by atoms with van der Waals surface area (Å²) in [5, 5.41) is 6.76. The van der Waals surface area contributed by atoms with Gasteiger partial charge in [0.15, 0.2) is 17.5 Å². The van der Waals surface area contributed by atoms with E-state index >= 15 is 0 Å². The van der Waals surface area contributed by atoms with Crippen molar-refractivity contribution in [2.45, 2.75) is 33.0 Å². The number of benzene rings is 2. The minimum Gasteiger partial charge on any atom is -0.486 e. The van der Waals surface area contributed by atoms with Gasteiger partial charge in [-0.15, -0.1) is 24.0 Å². The SMILES string of the molecule is CCN(CC)Cc1ccccc1CNC(=NC)NCC1COc2ccccc2O1.I. The topological polar surface area (TPSA) is 58.1 Å². The standard InChI is InChI=1S/C23H32N4O2.HI/c1-4-27(5-2)16-19-11-7-6-10-18(19)14-25-23(24-3)26-15-20-17-28-21-12-8-9-13-22(21)29-20;/h6-13,20H,4-5,14-17H2,1-3H3,(H2,24,25,26);1H. The summed E-state index contributed by atoms with van der Waals surface area (Å²) in [5.41, 5.74) is 2.63. The van der Waals surface area contributed by atoms with E-state index in [-0.39, 0.29) is 30.1 Å². The van der Waals surface area contributed by atoms with E-state index in [1.54, 1.807) is 7.05 Å². The van der Waals surface area contributed by atoms with Gasteiger partial charge in [-0.25, -0.2) is 0 Å². The quantitative estimate of drug-likeness (QED) is 0.314. The van der Waals surface area contributed by atoms with Crippen LogP contribution < -0.4 is 20.1 Å². The number of hydrogen-bond acceptors (Lipinski definition) is 4. The number of ether oxygens (including phenoxy) is 2. The van der Waals surface area contributed by atoms with Gasteiger partial charge in [0.2, 0.25) is 0 Å². The Balaban J connectivity index is 0.00000320.